The highest BCUT2D eigenvalue weighted by molar-refractivity contribution is 5.81. The summed E-state index contributed by atoms with van der Waals surface area (Å²) in [7, 11) is 0. The maximum Gasteiger partial charge on any atom is 0.236 e. The van der Waals surface area contributed by atoms with Gasteiger partial charge in [-0.05, 0) is 37.5 Å². The first-order valence-electron chi connectivity index (χ1n) is 6.69. The van der Waals surface area contributed by atoms with Gasteiger partial charge in [-0.1, -0.05) is 26.0 Å². The van der Waals surface area contributed by atoms with Gasteiger partial charge in [-0.2, -0.15) is 0 Å². The van der Waals surface area contributed by atoms with Gasteiger partial charge in [-0.25, -0.2) is 4.39 Å². The summed E-state index contributed by atoms with van der Waals surface area (Å²) in [5.74, 6) is 0.173. The zero-order chi connectivity index (χ0) is 14.4. The fraction of sp³-hybridized carbons (Fsp3) is 0.533. The number of benzene rings is 1. The van der Waals surface area contributed by atoms with Gasteiger partial charge < -0.3 is 5.32 Å². The number of halogens is 1. The van der Waals surface area contributed by atoms with E-state index < -0.39 is 0 Å². The van der Waals surface area contributed by atoms with Crippen LogP contribution in [0.15, 0.2) is 24.3 Å². The molecule has 0 aliphatic carbocycles. The van der Waals surface area contributed by atoms with Gasteiger partial charge in [0.25, 0.3) is 0 Å². The van der Waals surface area contributed by atoms with E-state index in [1.54, 1.807) is 12.1 Å². The molecule has 1 amide bonds. The number of rotatable bonds is 6. The molecular weight excluding hydrogens is 243 g/mol. The Kier molecular flexibility index (Phi) is 5.96. The summed E-state index contributed by atoms with van der Waals surface area (Å²) in [6, 6.07) is 6.03. The lowest BCUT2D eigenvalue weighted by Gasteiger charge is -2.20. The van der Waals surface area contributed by atoms with Crippen molar-refractivity contribution < 1.29 is 9.18 Å². The summed E-state index contributed by atoms with van der Waals surface area (Å²) in [6.07, 6.45) is 0. The van der Waals surface area contributed by atoms with Crippen LogP contribution in [0.2, 0.25) is 0 Å². The van der Waals surface area contributed by atoms with Crippen molar-refractivity contribution in [3.05, 3.63) is 35.6 Å². The lowest BCUT2D eigenvalue weighted by atomic mass is 10.1. The third-order valence-corrected chi connectivity index (χ3v) is 2.95. The number of hydrogen-bond donors (Lipinski definition) is 2. The molecule has 2 N–H and O–H groups in total. The van der Waals surface area contributed by atoms with E-state index in [0.717, 1.165) is 5.56 Å². The molecule has 3 nitrogen and oxygen atoms in total. The molecule has 0 aliphatic heterocycles. The van der Waals surface area contributed by atoms with E-state index in [0.29, 0.717) is 12.5 Å². The van der Waals surface area contributed by atoms with Gasteiger partial charge in [-0.3, -0.25) is 10.1 Å². The van der Waals surface area contributed by atoms with Crippen molar-refractivity contribution in [2.75, 3.05) is 6.54 Å². The lowest BCUT2D eigenvalue weighted by molar-refractivity contribution is -0.123. The molecule has 0 fully saturated rings. The Balaban J connectivity index is 2.49. The number of carbonyl (C=O) groups excluding carboxylic acids is 1. The fourth-order valence-electron chi connectivity index (χ4n) is 1.76. The molecule has 19 heavy (non-hydrogen) atoms. The van der Waals surface area contributed by atoms with Gasteiger partial charge in [0.1, 0.15) is 5.82 Å². The maximum absolute atomic E-state index is 12.8. The highest BCUT2D eigenvalue weighted by Gasteiger charge is 2.16. The molecule has 0 spiro atoms. The Labute approximate surface area is 114 Å². The van der Waals surface area contributed by atoms with Crippen molar-refractivity contribution >= 4 is 5.91 Å². The highest BCUT2D eigenvalue weighted by Crippen LogP contribution is 2.13. The van der Waals surface area contributed by atoms with E-state index >= 15 is 0 Å². The van der Waals surface area contributed by atoms with Gasteiger partial charge in [0, 0.05) is 12.6 Å². The quantitative estimate of drug-likeness (QED) is 0.831. The number of nitrogens with one attached hydrogen (secondary N) is 2. The van der Waals surface area contributed by atoms with Crippen LogP contribution in [0.25, 0.3) is 0 Å². The average Bonchev–Trinajstić information content (AvgIpc) is 2.36. The van der Waals surface area contributed by atoms with E-state index in [1.165, 1.54) is 12.1 Å². The van der Waals surface area contributed by atoms with Crippen LogP contribution < -0.4 is 10.6 Å². The van der Waals surface area contributed by atoms with E-state index in [1.807, 2.05) is 13.8 Å². The summed E-state index contributed by atoms with van der Waals surface area (Å²) in [6.45, 7) is 8.57. The van der Waals surface area contributed by atoms with Crippen LogP contribution in [0.1, 0.15) is 39.3 Å². The smallest absolute Gasteiger partial charge is 0.236 e. The zero-order valence-corrected chi connectivity index (χ0v) is 12.0. The van der Waals surface area contributed by atoms with Gasteiger partial charge in [0.2, 0.25) is 5.91 Å². The summed E-state index contributed by atoms with van der Waals surface area (Å²) < 4.78 is 12.8. The lowest BCUT2D eigenvalue weighted by Crippen LogP contribution is -2.44. The molecule has 1 aromatic rings. The van der Waals surface area contributed by atoms with Crippen molar-refractivity contribution in [3.8, 4) is 0 Å². The Hall–Kier alpha value is -1.42. The Morgan fingerprint density at radius 3 is 2.26 bits per heavy atom. The van der Waals surface area contributed by atoms with Crippen LogP contribution in [0.4, 0.5) is 4.39 Å². The van der Waals surface area contributed by atoms with Crippen LogP contribution in [0.5, 0.6) is 0 Å². The van der Waals surface area contributed by atoms with E-state index in [4.69, 9.17) is 0 Å². The Morgan fingerprint density at radius 2 is 1.74 bits per heavy atom. The first-order chi connectivity index (χ1) is 8.90. The molecule has 0 aromatic heterocycles. The molecule has 0 saturated heterocycles. The third kappa shape index (κ3) is 5.39. The second-order valence-corrected chi connectivity index (χ2v) is 5.30. The van der Waals surface area contributed by atoms with Crippen molar-refractivity contribution in [1.29, 1.82) is 0 Å². The number of carbonyl (C=O) groups is 1. The van der Waals surface area contributed by atoms with Crippen molar-refractivity contribution in [2.24, 2.45) is 5.92 Å². The fourth-order valence-corrected chi connectivity index (χ4v) is 1.76. The molecule has 0 saturated carbocycles. The molecule has 0 radical (unpaired) electrons. The zero-order valence-electron chi connectivity index (χ0n) is 12.0. The van der Waals surface area contributed by atoms with Gasteiger partial charge in [0.05, 0.1) is 6.04 Å². The van der Waals surface area contributed by atoms with Crippen LogP contribution in [0, 0.1) is 11.7 Å². The summed E-state index contributed by atoms with van der Waals surface area (Å²) in [5.41, 5.74) is 0.963. The van der Waals surface area contributed by atoms with Crippen LogP contribution >= 0.6 is 0 Å². The summed E-state index contributed by atoms with van der Waals surface area (Å²) in [5, 5.41) is 6.09. The van der Waals surface area contributed by atoms with Gasteiger partial charge >= 0.3 is 0 Å². The van der Waals surface area contributed by atoms with Gasteiger partial charge in [-0.15, -0.1) is 0 Å². The topological polar surface area (TPSA) is 41.1 Å². The molecule has 4 heteroatoms. The van der Waals surface area contributed by atoms with Crippen LogP contribution in [0.3, 0.4) is 0 Å². The molecule has 2 atom stereocenters. The van der Waals surface area contributed by atoms with Gasteiger partial charge in [0.15, 0.2) is 0 Å². The Bertz CT molecular complexity index is 403. The Morgan fingerprint density at radius 1 is 1.16 bits per heavy atom. The molecule has 1 rings (SSSR count). The van der Waals surface area contributed by atoms with Crippen molar-refractivity contribution in [1.82, 2.24) is 10.6 Å². The molecule has 1 aromatic carbocycles. The SMILES string of the molecule is CC(C)CNC(=O)C(C)N[C@@H](C)c1ccc(F)cc1. The minimum Gasteiger partial charge on any atom is -0.354 e. The normalized spacial score (nSPS) is 14.2. The highest BCUT2D eigenvalue weighted by atomic mass is 19.1. The average molecular weight is 266 g/mol. The minimum atomic E-state index is -0.279. The summed E-state index contributed by atoms with van der Waals surface area (Å²) in [4.78, 5) is 11.8. The standard InChI is InChI=1S/C15H23FN2O/c1-10(2)9-17-15(19)12(4)18-11(3)13-5-7-14(16)8-6-13/h5-8,10-12,18H,9H2,1-4H3,(H,17,19)/t11-,12?/m0/s1. The van der Waals surface area contributed by atoms with E-state index in [9.17, 15) is 9.18 Å². The van der Waals surface area contributed by atoms with Crippen LogP contribution in [-0.2, 0) is 4.79 Å². The molecule has 106 valence electrons. The van der Waals surface area contributed by atoms with Crippen molar-refractivity contribution in [3.63, 3.8) is 0 Å². The van der Waals surface area contributed by atoms with Crippen molar-refractivity contribution in [2.45, 2.75) is 39.8 Å². The largest absolute Gasteiger partial charge is 0.354 e. The summed E-state index contributed by atoms with van der Waals surface area (Å²) >= 11 is 0. The van der Waals surface area contributed by atoms with E-state index in [2.05, 4.69) is 24.5 Å². The second kappa shape index (κ2) is 7.24. The monoisotopic (exact) mass is 266 g/mol. The molecular formula is C15H23FN2O. The molecule has 0 bridgehead atoms. The number of amides is 1. The molecule has 1 unspecified atom stereocenters. The van der Waals surface area contributed by atoms with Crippen LogP contribution in [-0.4, -0.2) is 18.5 Å². The number of hydrogen-bond acceptors (Lipinski definition) is 2. The first kappa shape index (κ1) is 15.6. The first-order valence-corrected chi connectivity index (χ1v) is 6.69. The predicted octanol–water partition coefficient (Wildman–Crippen LogP) is 2.64. The minimum absolute atomic E-state index is 0.000370. The van der Waals surface area contributed by atoms with E-state index in [-0.39, 0.29) is 23.8 Å². The molecule has 0 heterocycles. The third-order valence-electron chi connectivity index (χ3n) is 2.95. The predicted molar refractivity (Wildman–Crippen MR) is 75.3 cm³/mol. The molecule has 0 aliphatic rings. The second-order valence-electron chi connectivity index (χ2n) is 5.30. The maximum atomic E-state index is 12.8.